The van der Waals surface area contributed by atoms with Crippen LogP contribution in [0.2, 0.25) is 0 Å². The summed E-state index contributed by atoms with van der Waals surface area (Å²) in [6.07, 6.45) is 0. The summed E-state index contributed by atoms with van der Waals surface area (Å²) in [4.78, 5) is 25.6. The molecule has 0 saturated heterocycles. The molecule has 0 bridgehead atoms. The van der Waals surface area contributed by atoms with Crippen molar-refractivity contribution in [1.29, 1.82) is 0 Å². The smallest absolute Gasteiger partial charge is 0.253 e. The Labute approximate surface area is 165 Å². The van der Waals surface area contributed by atoms with E-state index in [0.29, 0.717) is 22.1 Å². The fraction of sp³-hybridized carbons (Fsp3) is 0.167. The average molecular weight is 398 g/mol. The monoisotopic (exact) mass is 398 g/mol. The van der Waals surface area contributed by atoms with Crippen molar-refractivity contribution in [3.05, 3.63) is 54.1 Å². The normalized spacial score (nSPS) is 10.5. The molecule has 9 nitrogen and oxygen atoms in total. The molecule has 2 amide bonds. The zero-order valence-electron chi connectivity index (χ0n) is 15.2. The first-order valence-corrected chi connectivity index (χ1v) is 9.25. The van der Waals surface area contributed by atoms with Gasteiger partial charge >= 0.3 is 0 Å². The first-order valence-electron chi connectivity index (χ1n) is 8.26. The third-order valence-electron chi connectivity index (χ3n) is 3.69. The van der Waals surface area contributed by atoms with E-state index in [1.54, 1.807) is 50.5 Å². The SMILES string of the molecule is CN(C)C(=O)c1ccc(NC(=O)CSc2nnnn2-c2ccc(O)cc2)cc1. The Morgan fingerprint density at radius 2 is 1.79 bits per heavy atom. The molecule has 0 atom stereocenters. The summed E-state index contributed by atoms with van der Waals surface area (Å²) in [5.74, 6) is -0.0771. The number of carbonyl (C=O) groups excluding carboxylic acids is 2. The van der Waals surface area contributed by atoms with Crippen LogP contribution >= 0.6 is 11.8 Å². The average Bonchev–Trinajstić information content (AvgIpc) is 3.15. The molecule has 0 unspecified atom stereocenters. The van der Waals surface area contributed by atoms with Gasteiger partial charge in [-0.25, -0.2) is 0 Å². The Morgan fingerprint density at radius 3 is 2.43 bits per heavy atom. The van der Waals surface area contributed by atoms with Gasteiger partial charge in [-0.2, -0.15) is 4.68 Å². The Kier molecular flexibility index (Phi) is 5.90. The van der Waals surface area contributed by atoms with Gasteiger partial charge in [-0.05, 0) is 59.0 Å². The number of nitrogens with one attached hydrogen (secondary N) is 1. The van der Waals surface area contributed by atoms with Crippen molar-refractivity contribution in [3.63, 3.8) is 0 Å². The first kappa shape index (κ1) is 19.4. The number of anilines is 1. The second kappa shape index (κ2) is 8.53. The zero-order chi connectivity index (χ0) is 20.1. The number of rotatable bonds is 6. The molecule has 144 valence electrons. The highest BCUT2D eigenvalue weighted by Gasteiger charge is 2.12. The van der Waals surface area contributed by atoms with Crippen molar-refractivity contribution in [2.24, 2.45) is 0 Å². The van der Waals surface area contributed by atoms with Crippen LogP contribution in [0.25, 0.3) is 5.69 Å². The molecule has 1 heterocycles. The maximum atomic E-state index is 12.2. The quantitative estimate of drug-likeness (QED) is 0.609. The summed E-state index contributed by atoms with van der Waals surface area (Å²) < 4.78 is 1.49. The largest absolute Gasteiger partial charge is 0.508 e. The van der Waals surface area contributed by atoms with E-state index in [1.165, 1.54) is 33.5 Å². The van der Waals surface area contributed by atoms with Crippen LogP contribution in [0.1, 0.15) is 10.4 Å². The molecule has 1 aromatic heterocycles. The van der Waals surface area contributed by atoms with Crippen LogP contribution in [0, 0.1) is 0 Å². The molecule has 3 rings (SSSR count). The van der Waals surface area contributed by atoms with Gasteiger partial charge in [-0.15, -0.1) is 5.10 Å². The predicted molar refractivity (Wildman–Crippen MR) is 105 cm³/mol. The summed E-state index contributed by atoms with van der Waals surface area (Å²) in [6.45, 7) is 0. The van der Waals surface area contributed by atoms with Crippen LogP contribution in [0.3, 0.4) is 0 Å². The predicted octanol–water partition coefficient (Wildman–Crippen LogP) is 1.80. The Bertz CT molecular complexity index is 970. The highest BCUT2D eigenvalue weighted by atomic mass is 32.2. The Hall–Kier alpha value is -3.40. The van der Waals surface area contributed by atoms with Gasteiger partial charge in [-0.3, -0.25) is 9.59 Å². The molecule has 10 heteroatoms. The summed E-state index contributed by atoms with van der Waals surface area (Å²) >= 11 is 1.18. The lowest BCUT2D eigenvalue weighted by Crippen LogP contribution is -2.21. The zero-order valence-corrected chi connectivity index (χ0v) is 16.1. The summed E-state index contributed by atoms with van der Waals surface area (Å²) in [7, 11) is 3.36. The maximum Gasteiger partial charge on any atom is 0.253 e. The van der Waals surface area contributed by atoms with Crippen LogP contribution in [0.5, 0.6) is 5.75 Å². The summed E-state index contributed by atoms with van der Waals surface area (Å²) in [6, 6.07) is 13.1. The number of amides is 2. The van der Waals surface area contributed by atoms with E-state index in [4.69, 9.17) is 0 Å². The van der Waals surface area contributed by atoms with Crippen molar-refractivity contribution >= 4 is 29.3 Å². The molecule has 2 aromatic carbocycles. The minimum absolute atomic E-state index is 0.102. The van der Waals surface area contributed by atoms with E-state index >= 15 is 0 Å². The first-order chi connectivity index (χ1) is 13.4. The van der Waals surface area contributed by atoms with E-state index in [9.17, 15) is 14.7 Å². The molecule has 0 fully saturated rings. The maximum absolute atomic E-state index is 12.2. The van der Waals surface area contributed by atoms with E-state index in [2.05, 4.69) is 20.8 Å². The number of hydrogen-bond acceptors (Lipinski definition) is 7. The Balaban J connectivity index is 1.59. The highest BCUT2D eigenvalue weighted by molar-refractivity contribution is 7.99. The second-order valence-electron chi connectivity index (χ2n) is 6.00. The fourth-order valence-electron chi connectivity index (χ4n) is 2.31. The number of aromatic hydroxyl groups is 1. The number of benzene rings is 2. The molecule has 2 N–H and O–H groups in total. The van der Waals surface area contributed by atoms with Crippen molar-refractivity contribution in [2.45, 2.75) is 5.16 Å². The summed E-state index contributed by atoms with van der Waals surface area (Å²) in [5.41, 5.74) is 1.82. The van der Waals surface area contributed by atoms with Gasteiger partial charge in [0.15, 0.2) is 0 Å². The molecule has 0 spiro atoms. The minimum atomic E-state index is -0.225. The Morgan fingerprint density at radius 1 is 1.11 bits per heavy atom. The standard InChI is InChI=1S/C18H18N6O3S/c1-23(2)17(27)12-3-5-13(6-4-12)19-16(26)11-28-18-20-21-22-24(18)14-7-9-15(25)10-8-14/h3-10,25H,11H2,1-2H3,(H,19,26). The number of phenolic OH excluding ortho intramolecular Hbond substituents is 1. The van der Waals surface area contributed by atoms with Gasteiger partial charge in [-0.1, -0.05) is 11.8 Å². The number of nitrogens with zero attached hydrogens (tertiary/aromatic N) is 5. The topological polar surface area (TPSA) is 113 Å². The van der Waals surface area contributed by atoms with E-state index in [-0.39, 0.29) is 23.3 Å². The molecule has 28 heavy (non-hydrogen) atoms. The van der Waals surface area contributed by atoms with E-state index in [0.717, 1.165) is 0 Å². The summed E-state index contributed by atoms with van der Waals surface area (Å²) in [5, 5.41) is 24.1. The number of aromatic nitrogens is 4. The van der Waals surface area contributed by atoms with Crippen molar-refractivity contribution in [1.82, 2.24) is 25.1 Å². The van der Waals surface area contributed by atoms with Gasteiger partial charge < -0.3 is 15.3 Å². The van der Waals surface area contributed by atoms with Crippen LogP contribution in [0.4, 0.5) is 5.69 Å². The third kappa shape index (κ3) is 4.65. The molecule has 0 saturated carbocycles. The van der Waals surface area contributed by atoms with Gasteiger partial charge in [0.05, 0.1) is 11.4 Å². The molecular formula is C18H18N6O3S. The molecule has 3 aromatic rings. The lowest BCUT2D eigenvalue weighted by molar-refractivity contribution is -0.113. The van der Waals surface area contributed by atoms with E-state index in [1.807, 2.05) is 0 Å². The number of phenols is 1. The van der Waals surface area contributed by atoms with Gasteiger partial charge in [0, 0.05) is 25.3 Å². The van der Waals surface area contributed by atoms with Crippen LogP contribution in [-0.2, 0) is 4.79 Å². The third-order valence-corrected chi connectivity index (χ3v) is 4.61. The van der Waals surface area contributed by atoms with Gasteiger partial charge in [0.1, 0.15) is 5.75 Å². The van der Waals surface area contributed by atoms with Crippen LogP contribution < -0.4 is 5.32 Å². The molecule has 0 radical (unpaired) electrons. The van der Waals surface area contributed by atoms with Crippen LogP contribution in [0.15, 0.2) is 53.7 Å². The number of hydrogen-bond donors (Lipinski definition) is 2. The molecule has 0 aliphatic carbocycles. The highest BCUT2D eigenvalue weighted by Crippen LogP contribution is 2.20. The number of thioether (sulfide) groups is 1. The van der Waals surface area contributed by atoms with Crippen LogP contribution in [-0.4, -0.2) is 61.9 Å². The lowest BCUT2D eigenvalue weighted by atomic mass is 10.2. The molecule has 0 aliphatic rings. The minimum Gasteiger partial charge on any atom is -0.508 e. The van der Waals surface area contributed by atoms with Crippen molar-refractivity contribution < 1.29 is 14.7 Å². The van der Waals surface area contributed by atoms with Crippen molar-refractivity contribution in [3.8, 4) is 11.4 Å². The van der Waals surface area contributed by atoms with Gasteiger partial charge in [0.25, 0.3) is 5.91 Å². The lowest BCUT2D eigenvalue weighted by Gasteiger charge is -2.11. The molecule has 0 aliphatic heterocycles. The second-order valence-corrected chi connectivity index (χ2v) is 6.95. The fourth-order valence-corrected chi connectivity index (χ4v) is 3.00. The van der Waals surface area contributed by atoms with E-state index < -0.39 is 0 Å². The number of tetrazole rings is 1. The molecular weight excluding hydrogens is 380 g/mol. The van der Waals surface area contributed by atoms with Gasteiger partial charge in [0.2, 0.25) is 11.1 Å². The number of carbonyl (C=O) groups is 2. The van der Waals surface area contributed by atoms with Crippen molar-refractivity contribution in [2.75, 3.05) is 25.2 Å².